The van der Waals surface area contributed by atoms with Crippen molar-refractivity contribution in [3.63, 3.8) is 0 Å². The number of amides is 2. The van der Waals surface area contributed by atoms with E-state index in [1.54, 1.807) is 0 Å². The van der Waals surface area contributed by atoms with Gasteiger partial charge in [-0.15, -0.1) is 0 Å². The second-order valence-electron chi connectivity index (χ2n) is 10.8. The van der Waals surface area contributed by atoms with Crippen LogP contribution in [0, 0.1) is 6.92 Å². The maximum absolute atomic E-state index is 14.1. The Morgan fingerprint density at radius 2 is 1.54 bits per heavy atom. The van der Waals surface area contributed by atoms with E-state index in [4.69, 9.17) is 0 Å². The van der Waals surface area contributed by atoms with Crippen molar-refractivity contribution >= 4 is 22.6 Å². The van der Waals surface area contributed by atoms with E-state index < -0.39 is 6.04 Å². The number of aryl methyl sites for hydroxylation is 2. The van der Waals surface area contributed by atoms with Crippen molar-refractivity contribution in [2.45, 2.75) is 70.5 Å². The second-order valence-corrected chi connectivity index (χ2v) is 10.8. The van der Waals surface area contributed by atoms with Crippen LogP contribution in [0.5, 0.6) is 0 Å². The second kappa shape index (κ2) is 12.8. The molecule has 4 heteroatoms. The predicted octanol–water partition coefficient (Wildman–Crippen LogP) is 6.78. The number of nitrogens with zero attached hydrogens (tertiary/aromatic N) is 1. The van der Waals surface area contributed by atoms with Crippen LogP contribution in [-0.2, 0) is 29.0 Å². The summed E-state index contributed by atoms with van der Waals surface area (Å²) in [6.45, 7) is 2.47. The van der Waals surface area contributed by atoms with E-state index >= 15 is 0 Å². The Bertz CT molecular complexity index is 1400. The van der Waals surface area contributed by atoms with Crippen molar-refractivity contribution < 1.29 is 9.59 Å². The molecule has 200 valence electrons. The molecule has 0 aromatic heterocycles. The number of benzene rings is 4. The minimum atomic E-state index is -0.575. The van der Waals surface area contributed by atoms with Gasteiger partial charge in [0.1, 0.15) is 6.04 Å². The molecule has 2 amide bonds. The average molecular weight is 519 g/mol. The van der Waals surface area contributed by atoms with Crippen LogP contribution >= 0.6 is 0 Å². The fraction of sp³-hybridized carbons (Fsp3) is 0.314. The fourth-order valence-electron chi connectivity index (χ4n) is 5.82. The molecule has 0 heterocycles. The third kappa shape index (κ3) is 6.94. The Balaban J connectivity index is 1.44. The summed E-state index contributed by atoms with van der Waals surface area (Å²) in [4.78, 5) is 29.7. The van der Waals surface area contributed by atoms with Gasteiger partial charge in [-0.3, -0.25) is 9.59 Å². The molecule has 0 aliphatic heterocycles. The number of fused-ring (bicyclic) bond motifs is 1. The lowest BCUT2D eigenvalue weighted by molar-refractivity contribution is -0.141. The number of nitrogens with one attached hydrogen (secondary N) is 1. The Morgan fingerprint density at radius 3 is 2.33 bits per heavy atom. The highest BCUT2D eigenvalue weighted by Crippen LogP contribution is 2.23. The van der Waals surface area contributed by atoms with Crippen LogP contribution in [0.2, 0.25) is 0 Å². The summed E-state index contributed by atoms with van der Waals surface area (Å²) in [5.74, 6) is -0.0381. The van der Waals surface area contributed by atoms with Crippen LogP contribution < -0.4 is 5.32 Å². The monoisotopic (exact) mass is 518 g/mol. The average Bonchev–Trinajstić information content (AvgIpc) is 3.47. The maximum Gasteiger partial charge on any atom is 0.243 e. The highest BCUT2D eigenvalue weighted by Gasteiger charge is 2.32. The molecular formula is C35H38N2O2. The Hall–Kier alpha value is -3.92. The summed E-state index contributed by atoms with van der Waals surface area (Å²) in [7, 11) is 0. The third-order valence-electron chi connectivity index (χ3n) is 7.90. The molecule has 5 rings (SSSR count). The molecule has 4 aromatic carbocycles. The molecule has 0 saturated heterocycles. The van der Waals surface area contributed by atoms with Gasteiger partial charge in [0.25, 0.3) is 0 Å². The molecule has 0 unspecified atom stereocenters. The van der Waals surface area contributed by atoms with Gasteiger partial charge in [0.15, 0.2) is 0 Å². The lowest BCUT2D eigenvalue weighted by Gasteiger charge is -2.32. The highest BCUT2D eigenvalue weighted by molar-refractivity contribution is 5.89. The predicted molar refractivity (Wildman–Crippen MR) is 158 cm³/mol. The normalized spacial score (nSPS) is 14.3. The van der Waals surface area contributed by atoms with Crippen molar-refractivity contribution in [2.24, 2.45) is 0 Å². The molecule has 1 atom stereocenters. The zero-order valence-corrected chi connectivity index (χ0v) is 22.8. The smallest absolute Gasteiger partial charge is 0.243 e. The zero-order valence-electron chi connectivity index (χ0n) is 22.8. The molecule has 1 aliphatic rings. The lowest BCUT2D eigenvalue weighted by Crippen LogP contribution is -2.52. The van der Waals surface area contributed by atoms with Gasteiger partial charge >= 0.3 is 0 Å². The first-order valence-electron chi connectivity index (χ1n) is 14.2. The van der Waals surface area contributed by atoms with Crippen LogP contribution in [0.15, 0.2) is 97.1 Å². The van der Waals surface area contributed by atoms with E-state index in [1.165, 1.54) is 10.8 Å². The molecule has 0 radical (unpaired) electrons. The highest BCUT2D eigenvalue weighted by atomic mass is 16.2. The van der Waals surface area contributed by atoms with Crippen molar-refractivity contribution in [3.8, 4) is 0 Å². The summed E-state index contributed by atoms with van der Waals surface area (Å²) in [6, 6.07) is 32.5. The summed E-state index contributed by atoms with van der Waals surface area (Å²) in [5.41, 5.74) is 4.40. The zero-order chi connectivity index (χ0) is 27.0. The van der Waals surface area contributed by atoms with Crippen LogP contribution in [0.25, 0.3) is 10.8 Å². The largest absolute Gasteiger partial charge is 0.352 e. The van der Waals surface area contributed by atoms with Crippen molar-refractivity contribution in [1.29, 1.82) is 0 Å². The first kappa shape index (κ1) is 26.7. The summed E-state index contributed by atoms with van der Waals surface area (Å²) >= 11 is 0. The standard InChI is InChI=1S/C35H38N2O2/c1-26-11-9-14-28(23-26)25-37(34(38)22-21-30-17-10-16-29-15-5-8-20-32(29)30)33(24-27-12-3-2-4-13-27)35(39)36-31-18-6-7-19-31/h2-5,8-17,20,23,31,33H,6-7,18-19,21-22,24-25H2,1H3,(H,36,39)/t33-/m0/s1. The quantitative estimate of drug-likeness (QED) is 0.252. The fourth-order valence-corrected chi connectivity index (χ4v) is 5.82. The summed E-state index contributed by atoms with van der Waals surface area (Å²) in [6.07, 6.45) is 5.78. The van der Waals surface area contributed by atoms with E-state index in [1.807, 2.05) is 59.5 Å². The minimum absolute atomic E-state index is 0.00643. The first-order valence-corrected chi connectivity index (χ1v) is 14.2. The third-order valence-corrected chi connectivity index (χ3v) is 7.90. The van der Waals surface area contributed by atoms with E-state index in [9.17, 15) is 9.59 Å². The van der Waals surface area contributed by atoms with Crippen molar-refractivity contribution in [2.75, 3.05) is 0 Å². The number of hydrogen-bond acceptors (Lipinski definition) is 2. The van der Waals surface area contributed by atoms with Crippen LogP contribution in [-0.4, -0.2) is 28.8 Å². The molecule has 1 N–H and O–H groups in total. The molecular weight excluding hydrogens is 480 g/mol. The van der Waals surface area contributed by atoms with E-state index in [2.05, 4.69) is 54.7 Å². The van der Waals surface area contributed by atoms with Gasteiger partial charge in [-0.1, -0.05) is 115 Å². The number of carbonyl (C=O) groups is 2. The molecule has 1 aliphatic carbocycles. The van der Waals surface area contributed by atoms with Gasteiger partial charge < -0.3 is 10.2 Å². The first-order chi connectivity index (χ1) is 19.1. The Kier molecular flexibility index (Phi) is 8.72. The SMILES string of the molecule is Cc1cccc(CN(C(=O)CCc2cccc3ccccc23)[C@@H](Cc2ccccc2)C(=O)NC2CCCC2)c1. The van der Waals surface area contributed by atoms with Gasteiger partial charge in [0, 0.05) is 25.4 Å². The minimum Gasteiger partial charge on any atom is -0.352 e. The number of hydrogen-bond donors (Lipinski definition) is 1. The van der Waals surface area contributed by atoms with Crippen LogP contribution in [0.4, 0.5) is 0 Å². The van der Waals surface area contributed by atoms with Crippen LogP contribution in [0.3, 0.4) is 0 Å². The lowest BCUT2D eigenvalue weighted by atomic mass is 9.99. The van der Waals surface area contributed by atoms with Gasteiger partial charge in [-0.25, -0.2) is 0 Å². The van der Waals surface area contributed by atoms with Gasteiger partial charge in [0.05, 0.1) is 0 Å². The van der Waals surface area contributed by atoms with Crippen LogP contribution in [0.1, 0.15) is 54.4 Å². The molecule has 39 heavy (non-hydrogen) atoms. The van der Waals surface area contributed by atoms with E-state index in [0.717, 1.165) is 47.9 Å². The topological polar surface area (TPSA) is 49.4 Å². The molecule has 1 fully saturated rings. The van der Waals surface area contributed by atoms with E-state index in [-0.39, 0.29) is 17.9 Å². The van der Waals surface area contributed by atoms with Gasteiger partial charge in [0.2, 0.25) is 11.8 Å². The Labute approximate surface area is 232 Å². The van der Waals surface area contributed by atoms with E-state index in [0.29, 0.717) is 25.8 Å². The Morgan fingerprint density at radius 1 is 0.846 bits per heavy atom. The number of carbonyl (C=O) groups excluding carboxylic acids is 2. The van der Waals surface area contributed by atoms with Gasteiger partial charge in [-0.05, 0) is 53.6 Å². The molecule has 4 aromatic rings. The molecule has 0 spiro atoms. The molecule has 1 saturated carbocycles. The molecule has 0 bridgehead atoms. The summed E-state index contributed by atoms with van der Waals surface area (Å²) in [5, 5.41) is 5.65. The maximum atomic E-state index is 14.1. The summed E-state index contributed by atoms with van der Waals surface area (Å²) < 4.78 is 0. The van der Waals surface area contributed by atoms with Gasteiger partial charge in [-0.2, -0.15) is 0 Å². The van der Waals surface area contributed by atoms with Crippen molar-refractivity contribution in [3.05, 3.63) is 119 Å². The molecule has 4 nitrogen and oxygen atoms in total. The number of rotatable bonds is 10. The van der Waals surface area contributed by atoms with Crippen molar-refractivity contribution in [1.82, 2.24) is 10.2 Å².